The summed E-state index contributed by atoms with van der Waals surface area (Å²) >= 11 is 0. The van der Waals surface area contributed by atoms with Crippen LogP contribution in [0, 0.1) is 5.41 Å². The lowest BCUT2D eigenvalue weighted by atomic mass is 9.91. The van der Waals surface area contributed by atoms with Gasteiger partial charge in [-0.25, -0.2) is 0 Å². The fourth-order valence-electron chi connectivity index (χ4n) is 2.90. The minimum absolute atomic E-state index is 0.412. The van der Waals surface area contributed by atoms with E-state index in [1.165, 1.54) is 18.4 Å². The van der Waals surface area contributed by atoms with Gasteiger partial charge in [-0.3, -0.25) is 0 Å². The van der Waals surface area contributed by atoms with E-state index in [1.807, 2.05) is 0 Å². The van der Waals surface area contributed by atoms with E-state index in [0.717, 1.165) is 44.1 Å². The van der Waals surface area contributed by atoms with Crippen molar-refractivity contribution < 1.29 is 9.47 Å². The van der Waals surface area contributed by atoms with Gasteiger partial charge < -0.3 is 14.8 Å². The van der Waals surface area contributed by atoms with Gasteiger partial charge in [-0.2, -0.15) is 0 Å². The number of nitrogens with one attached hydrogen (secondary N) is 1. The molecule has 1 aromatic carbocycles. The first-order chi connectivity index (χ1) is 9.73. The fraction of sp³-hybridized carbons (Fsp3) is 0.647. The van der Waals surface area contributed by atoms with Crippen LogP contribution in [0.3, 0.4) is 0 Å². The van der Waals surface area contributed by atoms with Crippen molar-refractivity contribution in [2.75, 3.05) is 19.8 Å². The van der Waals surface area contributed by atoms with Crippen LogP contribution in [-0.2, 0) is 0 Å². The van der Waals surface area contributed by atoms with Crippen molar-refractivity contribution in [3.63, 3.8) is 0 Å². The van der Waals surface area contributed by atoms with E-state index < -0.39 is 0 Å². The quantitative estimate of drug-likeness (QED) is 0.889. The first-order valence-corrected chi connectivity index (χ1v) is 7.86. The van der Waals surface area contributed by atoms with Crippen molar-refractivity contribution in [3.8, 4) is 11.5 Å². The number of benzene rings is 1. The molecule has 0 bridgehead atoms. The normalized spacial score (nSPS) is 21.1. The van der Waals surface area contributed by atoms with Crippen LogP contribution >= 0.6 is 0 Å². The van der Waals surface area contributed by atoms with Crippen molar-refractivity contribution in [2.45, 2.75) is 45.6 Å². The molecule has 1 heterocycles. The SMILES string of the molecule is CCCNC(c1ccc2c(c1)OCCCO2)C1(C)CC1. The molecule has 20 heavy (non-hydrogen) atoms. The highest BCUT2D eigenvalue weighted by Crippen LogP contribution is 2.55. The smallest absolute Gasteiger partial charge is 0.161 e. The van der Waals surface area contributed by atoms with Gasteiger partial charge in [-0.05, 0) is 48.9 Å². The van der Waals surface area contributed by atoms with Gasteiger partial charge in [0.2, 0.25) is 0 Å². The molecule has 2 aliphatic rings. The minimum atomic E-state index is 0.412. The Hall–Kier alpha value is -1.22. The zero-order valence-corrected chi connectivity index (χ0v) is 12.6. The standard InChI is InChI=1S/C17H25NO2/c1-3-9-18-16(17(2)7-8-17)13-5-6-14-15(12-13)20-11-4-10-19-14/h5-6,12,16,18H,3-4,7-11H2,1-2H3. The zero-order chi connectivity index (χ0) is 14.0. The number of hydrogen-bond acceptors (Lipinski definition) is 3. The van der Waals surface area contributed by atoms with Gasteiger partial charge in [0, 0.05) is 12.5 Å². The first kappa shape index (κ1) is 13.7. The average Bonchev–Trinajstić information content (AvgIpc) is 3.22. The lowest BCUT2D eigenvalue weighted by molar-refractivity contribution is 0.296. The molecule has 1 aromatic rings. The van der Waals surface area contributed by atoms with Gasteiger partial charge in [0.1, 0.15) is 0 Å². The maximum atomic E-state index is 5.82. The molecule has 1 N–H and O–H groups in total. The maximum absolute atomic E-state index is 5.82. The minimum Gasteiger partial charge on any atom is -0.490 e. The fourth-order valence-corrected chi connectivity index (χ4v) is 2.90. The Morgan fingerprint density at radius 3 is 2.65 bits per heavy atom. The van der Waals surface area contributed by atoms with Gasteiger partial charge in [0.25, 0.3) is 0 Å². The first-order valence-electron chi connectivity index (χ1n) is 7.86. The summed E-state index contributed by atoms with van der Waals surface area (Å²) in [4.78, 5) is 0. The van der Waals surface area contributed by atoms with Crippen LogP contribution in [-0.4, -0.2) is 19.8 Å². The van der Waals surface area contributed by atoms with Gasteiger partial charge in [0.05, 0.1) is 13.2 Å². The van der Waals surface area contributed by atoms with E-state index >= 15 is 0 Å². The predicted molar refractivity (Wildman–Crippen MR) is 80.4 cm³/mol. The zero-order valence-electron chi connectivity index (χ0n) is 12.6. The van der Waals surface area contributed by atoms with E-state index in [9.17, 15) is 0 Å². The van der Waals surface area contributed by atoms with Crippen LogP contribution in [0.15, 0.2) is 18.2 Å². The van der Waals surface area contributed by atoms with Crippen molar-refractivity contribution in [1.29, 1.82) is 0 Å². The summed E-state index contributed by atoms with van der Waals surface area (Å²) in [6.07, 6.45) is 4.74. The van der Waals surface area contributed by atoms with Crippen LogP contribution < -0.4 is 14.8 Å². The summed E-state index contributed by atoms with van der Waals surface area (Å²) in [5.41, 5.74) is 1.75. The molecule has 0 amide bonds. The molecule has 0 saturated heterocycles. The van der Waals surface area contributed by atoms with Gasteiger partial charge >= 0.3 is 0 Å². The third kappa shape index (κ3) is 2.78. The van der Waals surface area contributed by atoms with Crippen molar-refractivity contribution in [1.82, 2.24) is 5.32 Å². The molecule has 1 fully saturated rings. The lowest BCUT2D eigenvalue weighted by Crippen LogP contribution is -2.28. The third-order valence-corrected chi connectivity index (χ3v) is 4.44. The number of hydrogen-bond donors (Lipinski definition) is 1. The second-order valence-electron chi connectivity index (χ2n) is 6.30. The monoisotopic (exact) mass is 275 g/mol. The molecular weight excluding hydrogens is 250 g/mol. The van der Waals surface area contributed by atoms with E-state index in [1.54, 1.807) is 0 Å². The maximum Gasteiger partial charge on any atom is 0.161 e. The van der Waals surface area contributed by atoms with Crippen LogP contribution in [0.25, 0.3) is 0 Å². The largest absolute Gasteiger partial charge is 0.490 e. The van der Waals surface area contributed by atoms with Crippen LogP contribution in [0.2, 0.25) is 0 Å². The molecule has 3 rings (SSSR count). The Labute approximate surface area is 121 Å². The van der Waals surface area contributed by atoms with E-state index in [2.05, 4.69) is 37.4 Å². The highest BCUT2D eigenvalue weighted by molar-refractivity contribution is 5.45. The topological polar surface area (TPSA) is 30.5 Å². The Kier molecular flexibility index (Phi) is 3.88. The number of rotatable bonds is 5. The Balaban J connectivity index is 1.85. The van der Waals surface area contributed by atoms with E-state index in [-0.39, 0.29) is 0 Å². The molecule has 1 unspecified atom stereocenters. The molecule has 3 nitrogen and oxygen atoms in total. The van der Waals surface area contributed by atoms with Crippen LogP contribution in [0.1, 0.15) is 51.1 Å². The molecular formula is C17H25NO2. The van der Waals surface area contributed by atoms with Crippen molar-refractivity contribution in [3.05, 3.63) is 23.8 Å². The molecule has 0 aromatic heterocycles. The van der Waals surface area contributed by atoms with Crippen molar-refractivity contribution >= 4 is 0 Å². The van der Waals surface area contributed by atoms with Crippen LogP contribution in [0.5, 0.6) is 11.5 Å². The van der Waals surface area contributed by atoms with Crippen LogP contribution in [0.4, 0.5) is 0 Å². The summed E-state index contributed by atoms with van der Waals surface area (Å²) in [6.45, 7) is 7.16. The Morgan fingerprint density at radius 1 is 1.20 bits per heavy atom. The number of ether oxygens (including phenoxy) is 2. The summed E-state index contributed by atoms with van der Waals surface area (Å²) < 4.78 is 11.5. The average molecular weight is 275 g/mol. The molecule has 1 saturated carbocycles. The third-order valence-electron chi connectivity index (χ3n) is 4.44. The van der Waals surface area contributed by atoms with Gasteiger partial charge in [-0.15, -0.1) is 0 Å². The van der Waals surface area contributed by atoms with E-state index in [0.29, 0.717) is 11.5 Å². The predicted octanol–water partition coefficient (Wildman–Crippen LogP) is 3.69. The molecule has 1 aliphatic heterocycles. The van der Waals surface area contributed by atoms with Crippen molar-refractivity contribution in [2.24, 2.45) is 5.41 Å². The molecule has 110 valence electrons. The molecule has 0 radical (unpaired) electrons. The summed E-state index contributed by atoms with van der Waals surface area (Å²) in [7, 11) is 0. The van der Waals surface area contributed by atoms with Gasteiger partial charge in [-0.1, -0.05) is 19.9 Å². The second kappa shape index (κ2) is 5.65. The molecule has 0 spiro atoms. The molecule has 3 heteroatoms. The Bertz CT molecular complexity index is 468. The number of fused-ring (bicyclic) bond motifs is 1. The summed E-state index contributed by atoms with van der Waals surface area (Å²) in [5.74, 6) is 1.80. The lowest BCUT2D eigenvalue weighted by Gasteiger charge is -2.26. The highest BCUT2D eigenvalue weighted by Gasteiger charge is 2.45. The van der Waals surface area contributed by atoms with E-state index in [4.69, 9.17) is 9.47 Å². The second-order valence-corrected chi connectivity index (χ2v) is 6.30. The Morgan fingerprint density at radius 2 is 1.95 bits per heavy atom. The summed E-state index contributed by atoms with van der Waals surface area (Å²) in [5, 5.41) is 3.71. The summed E-state index contributed by atoms with van der Waals surface area (Å²) in [6, 6.07) is 6.88. The highest BCUT2D eigenvalue weighted by atomic mass is 16.5. The van der Waals surface area contributed by atoms with Gasteiger partial charge in [0.15, 0.2) is 11.5 Å². The molecule has 1 aliphatic carbocycles. The molecule has 1 atom stereocenters.